The third kappa shape index (κ3) is 3.82. The van der Waals surface area contributed by atoms with Gasteiger partial charge in [0.15, 0.2) is 0 Å². The van der Waals surface area contributed by atoms with E-state index < -0.39 is 0 Å². The number of nitrogens with two attached hydrogens (primary N) is 1. The Kier molecular flexibility index (Phi) is 4.14. The molecule has 1 aromatic heterocycles. The third-order valence-electron chi connectivity index (χ3n) is 2.11. The Morgan fingerprint density at radius 2 is 2.18 bits per heavy atom. The van der Waals surface area contributed by atoms with Gasteiger partial charge in [-0.1, -0.05) is 0 Å². The number of carbonyl (C=O) groups excluding carboxylic acids is 2. The molecule has 0 aliphatic carbocycles. The average Bonchev–Trinajstić information content (AvgIpc) is 2.62. The van der Waals surface area contributed by atoms with Gasteiger partial charge < -0.3 is 20.9 Å². The maximum absolute atomic E-state index is 11.8. The van der Waals surface area contributed by atoms with E-state index in [9.17, 15) is 9.59 Å². The van der Waals surface area contributed by atoms with Crippen LogP contribution < -0.4 is 11.1 Å². The van der Waals surface area contributed by atoms with Gasteiger partial charge in [-0.3, -0.25) is 9.59 Å². The molecule has 94 valence electrons. The number of rotatable bonds is 4. The van der Waals surface area contributed by atoms with E-state index in [1.54, 1.807) is 13.1 Å². The zero-order valence-electron chi connectivity index (χ0n) is 10.3. The summed E-state index contributed by atoms with van der Waals surface area (Å²) in [6.07, 6.45) is 1.54. The Morgan fingerprint density at radius 3 is 2.65 bits per heavy atom. The number of hydrogen-bond donors (Lipinski definition) is 3. The Labute approximate surface area is 100 Å². The molecule has 6 nitrogen and oxygen atoms in total. The van der Waals surface area contributed by atoms with Gasteiger partial charge in [-0.15, -0.1) is 0 Å². The molecule has 0 fully saturated rings. The van der Waals surface area contributed by atoms with Crippen LogP contribution in [-0.4, -0.2) is 41.3 Å². The molecule has 1 heterocycles. The van der Waals surface area contributed by atoms with Gasteiger partial charge >= 0.3 is 0 Å². The fourth-order valence-electron chi connectivity index (χ4n) is 1.40. The van der Waals surface area contributed by atoms with Crippen molar-refractivity contribution in [2.75, 3.05) is 19.3 Å². The summed E-state index contributed by atoms with van der Waals surface area (Å²) in [5.74, 6) is -0.448. The van der Waals surface area contributed by atoms with Crippen molar-refractivity contribution in [2.45, 2.75) is 19.9 Å². The Bertz CT molecular complexity index is 411. The van der Waals surface area contributed by atoms with Crippen LogP contribution in [0.2, 0.25) is 0 Å². The van der Waals surface area contributed by atoms with Crippen LogP contribution in [0.15, 0.2) is 12.3 Å². The number of nitrogens with zero attached hydrogens (tertiary/aromatic N) is 1. The van der Waals surface area contributed by atoms with E-state index in [0.717, 1.165) is 0 Å². The minimum absolute atomic E-state index is 0.0237. The van der Waals surface area contributed by atoms with Crippen LogP contribution in [0.5, 0.6) is 0 Å². The molecular formula is C11H18N4O2. The molecule has 0 aromatic carbocycles. The molecule has 6 heteroatoms. The van der Waals surface area contributed by atoms with Gasteiger partial charge in [0.25, 0.3) is 5.91 Å². The van der Waals surface area contributed by atoms with Gasteiger partial charge in [-0.05, 0) is 19.9 Å². The monoisotopic (exact) mass is 238 g/mol. The first-order valence-corrected chi connectivity index (χ1v) is 5.39. The quantitative estimate of drug-likeness (QED) is 0.699. The lowest BCUT2D eigenvalue weighted by Crippen LogP contribution is -2.40. The van der Waals surface area contributed by atoms with Crippen molar-refractivity contribution < 1.29 is 9.59 Å². The molecule has 0 spiro atoms. The number of amides is 2. The van der Waals surface area contributed by atoms with E-state index in [2.05, 4.69) is 10.3 Å². The number of aromatic amines is 1. The van der Waals surface area contributed by atoms with Gasteiger partial charge in [-0.2, -0.15) is 0 Å². The van der Waals surface area contributed by atoms with E-state index in [1.807, 2.05) is 13.8 Å². The maximum Gasteiger partial charge on any atom is 0.270 e. The van der Waals surface area contributed by atoms with E-state index >= 15 is 0 Å². The fraction of sp³-hybridized carbons (Fsp3) is 0.455. The van der Waals surface area contributed by atoms with Crippen molar-refractivity contribution in [1.29, 1.82) is 0 Å². The first kappa shape index (κ1) is 13.1. The number of likely N-dealkylation sites (N-methyl/N-ethyl adjacent to an activating group) is 1. The number of aromatic nitrogens is 1. The normalized spacial score (nSPS) is 10.4. The zero-order valence-corrected chi connectivity index (χ0v) is 10.3. The van der Waals surface area contributed by atoms with Gasteiger partial charge in [0.05, 0.1) is 6.54 Å². The smallest absolute Gasteiger partial charge is 0.270 e. The van der Waals surface area contributed by atoms with Crippen molar-refractivity contribution in [1.82, 2.24) is 15.2 Å². The molecule has 0 aliphatic heterocycles. The highest BCUT2D eigenvalue weighted by molar-refractivity contribution is 5.95. The van der Waals surface area contributed by atoms with Gasteiger partial charge in [0, 0.05) is 25.0 Å². The van der Waals surface area contributed by atoms with Crippen LogP contribution >= 0.6 is 0 Å². The summed E-state index contributed by atoms with van der Waals surface area (Å²) >= 11 is 0. The first-order chi connectivity index (χ1) is 7.90. The lowest BCUT2D eigenvalue weighted by Gasteiger charge is -2.17. The molecule has 1 aromatic rings. The third-order valence-corrected chi connectivity index (χ3v) is 2.11. The molecule has 0 atom stereocenters. The molecule has 4 N–H and O–H groups in total. The molecule has 0 radical (unpaired) electrons. The topological polar surface area (TPSA) is 91.2 Å². The predicted octanol–water partition coefficient (Wildman–Crippen LogP) is 0.194. The lowest BCUT2D eigenvalue weighted by atomic mass is 10.3. The minimum Gasteiger partial charge on any atom is -0.397 e. The number of anilines is 1. The van der Waals surface area contributed by atoms with Gasteiger partial charge in [0.2, 0.25) is 5.91 Å². The molecule has 0 saturated carbocycles. The second-order valence-electron chi connectivity index (χ2n) is 4.23. The van der Waals surface area contributed by atoms with Crippen molar-refractivity contribution in [3.8, 4) is 0 Å². The number of nitrogen functional groups attached to an aromatic ring is 1. The second kappa shape index (κ2) is 5.38. The summed E-state index contributed by atoms with van der Waals surface area (Å²) in [5, 5.41) is 2.72. The summed E-state index contributed by atoms with van der Waals surface area (Å²) in [5.41, 5.74) is 6.37. The number of H-pyrrole nitrogens is 1. The van der Waals surface area contributed by atoms with E-state index in [4.69, 9.17) is 5.73 Å². The van der Waals surface area contributed by atoms with Crippen LogP contribution in [0.1, 0.15) is 24.3 Å². The highest BCUT2D eigenvalue weighted by Crippen LogP contribution is 2.06. The summed E-state index contributed by atoms with van der Waals surface area (Å²) in [4.78, 5) is 27.4. The summed E-state index contributed by atoms with van der Waals surface area (Å²) in [7, 11) is 1.57. The molecule has 2 amide bonds. The molecule has 17 heavy (non-hydrogen) atoms. The lowest BCUT2D eigenvalue weighted by molar-refractivity contribution is -0.122. The van der Waals surface area contributed by atoms with Crippen LogP contribution in [-0.2, 0) is 4.79 Å². The Hall–Kier alpha value is -1.98. The van der Waals surface area contributed by atoms with Crippen LogP contribution in [0.4, 0.5) is 5.69 Å². The summed E-state index contributed by atoms with van der Waals surface area (Å²) in [6, 6.07) is 1.60. The highest BCUT2D eigenvalue weighted by atomic mass is 16.2. The van der Waals surface area contributed by atoms with Crippen LogP contribution in [0.3, 0.4) is 0 Å². The van der Waals surface area contributed by atoms with Gasteiger partial charge in [0.1, 0.15) is 5.69 Å². The molecule has 0 aliphatic rings. The van der Waals surface area contributed by atoms with Crippen LogP contribution in [0, 0.1) is 0 Å². The maximum atomic E-state index is 11.8. The van der Waals surface area contributed by atoms with E-state index in [-0.39, 0.29) is 24.4 Å². The van der Waals surface area contributed by atoms with Crippen molar-refractivity contribution in [3.63, 3.8) is 0 Å². The number of hydrogen-bond acceptors (Lipinski definition) is 3. The van der Waals surface area contributed by atoms with Crippen molar-refractivity contribution in [2.24, 2.45) is 0 Å². The number of carbonyl (C=O) groups is 2. The van der Waals surface area contributed by atoms with Crippen molar-refractivity contribution >= 4 is 17.5 Å². The van der Waals surface area contributed by atoms with E-state index in [0.29, 0.717) is 11.4 Å². The molecule has 0 unspecified atom stereocenters. The molecule has 0 saturated heterocycles. The van der Waals surface area contributed by atoms with E-state index in [1.165, 1.54) is 11.1 Å². The average molecular weight is 238 g/mol. The van der Waals surface area contributed by atoms with Crippen molar-refractivity contribution in [3.05, 3.63) is 18.0 Å². The predicted molar refractivity (Wildman–Crippen MR) is 65.4 cm³/mol. The highest BCUT2D eigenvalue weighted by Gasteiger charge is 2.16. The van der Waals surface area contributed by atoms with Gasteiger partial charge in [-0.25, -0.2) is 0 Å². The minimum atomic E-state index is -0.263. The summed E-state index contributed by atoms with van der Waals surface area (Å²) < 4.78 is 0. The molecule has 1 rings (SSSR count). The molecular weight excluding hydrogens is 220 g/mol. The standard InChI is InChI=1S/C11H18N4O2/c1-7(2)14-10(16)6-15(3)11(17)9-4-8(12)5-13-9/h4-5,7,13H,6,12H2,1-3H3,(H,14,16). The Balaban J connectivity index is 2.56. The number of nitrogens with one attached hydrogen (secondary N) is 2. The largest absolute Gasteiger partial charge is 0.397 e. The SMILES string of the molecule is CC(C)NC(=O)CN(C)C(=O)c1cc(N)c[nH]1. The second-order valence-corrected chi connectivity index (χ2v) is 4.23. The van der Waals surface area contributed by atoms with Crippen LogP contribution in [0.25, 0.3) is 0 Å². The molecule has 0 bridgehead atoms. The Morgan fingerprint density at radius 1 is 1.53 bits per heavy atom. The zero-order chi connectivity index (χ0) is 13.0. The first-order valence-electron chi connectivity index (χ1n) is 5.39. The fourth-order valence-corrected chi connectivity index (χ4v) is 1.40. The summed E-state index contributed by atoms with van der Waals surface area (Å²) in [6.45, 7) is 3.76.